The van der Waals surface area contributed by atoms with Gasteiger partial charge in [0.15, 0.2) is 0 Å². The van der Waals surface area contributed by atoms with Crippen molar-refractivity contribution in [1.82, 2.24) is 20.6 Å². The van der Waals surface area contributed by atoms with Crippen LogP contribution in [0.1, 0.15) is 29.7 Å². The van der Waals surface area contributed by atoms with Gasteiger partial charge in [-0.2, -0.15) is 0 Å². The molecule has 0 aliphatic heterocycles. The first-order valence-corrected chi connectivity index (χ1v) is 11.2. The topological polar surface area (TPSA) is 133 Å². The number of hydrogen-bond donors (Lipinski definition) is 4. The van der Waals surface area contributed by atoms with Gasteiger partial charge in [-0.05, 0) is 29.2 Å². The molecule has 1 atom stereocenters. The SMILES string of the molecule is C/C(=C/CNC(=O)C(Cc1cnc[nH]1)NC(=O)OCC1c2ccccc2-c2ccccc21)C(=O)O. The van der Waals surface area contributed by atoms with E-state index in [1.807, 2.05) is 36.4 Å². The van der Waals surface area contributed by atoms with Crippen LogP contribution in [0, 0.1) is 0 Å². The van der Waals surface area contributed by atoms with Gasteiger partial charge in [0.1, 0.15) is 12.6 Å². The molecule has 0 bridgehead atoms. The van der Waals surface area contributed by atoms with Crippen LogP contribution in [0.5, 0.6) is 0 Å². The summed E-state index contributed by atoms with van der Waals surface area (Å²) in [6, 6.07) is 15.1. The number of nitrogens with zero attached hydrogens (tertiary/aromatic N) is 1. The number of amides is 2. The number of H-pyrrole nitrogens is 1. The number of imidazole rings is 1. The van der Waals surface area contributed by atoms with Gasteiger partial charge in [-0.15, -0.1) is 0 Å². The highest BCUT2D eigenvalue weighted by molar-refractivity contribution is 5.87. The summed E-state index contributed by atoms with van der Waals surface area (Å²) in [7, 11) is 0. The summed E-state index contributed by atoms with van der Waals surface area (Å²) in [6.45, 7) is 1.58. The number of aromatic nitrogens is 2. The van der Waals surface area contributed by atoms with Crippen molar-refractivity contribution in [3.05, 3.63) is 89.5 Å². The number of rotatable bonds is 9. The van der Waals surface area contributed by atoms with Crippen LogP contribution < -0.4 is 10.6 Å². The monoisotopic (exact) mass is 474 g/mol. The fraction of sp³-hybridized carbons (Fsp3) is 0.231. The summed E-state index contributed by atoms with van der Waals surface area (Å²) in [5.41, 5.74) is 5.19. The van der Waals surface area contributed by atoms with Gasteiger partial charge in [0, 0.05) is 36.3 Å². The van der Waals surface area contributed by atoms with E-state index in [1.165, 1.54) is 19.3 Å². The minimum atomic E-state index is -1.06. The second kappa shape index (κ2) is 10.7. The summed E-state index contributed by atoms with van der Waals surface area (Å²) in [5.74, 6) is -1.63. The van der Waals surface area contributed by atoms with E-state index in [9.17, 15) is 14.4 Å². The molecule has 9 nitrogen and oxygen atoms in total. The van der Waals surface area contributed by atoms with E-state index in [-0.39, 0.29) is 31.1 Å². The molecule has 0 radical (unpaired) electrons. The van der Waals surface area contributed by atoms with E-state index < -0.39 is 24.0 Å². The molecule has 4 N–H and O–H groups in total. The molecule has 3 aromatic rings. The number of aromatic amines is 1. The standard InChI is InChI=1S/C26H26N4O5/c1-16(25(32)33)10-11-28-24(31)23(12-17-13-27-15-29-17)30-26(34)35-14-22-20-8-4-2-6-18(20)19-7-3-5-9-21(19)22/h2-10,13,15,22-23H,11-12,14H2,1H3,(H,27,29)(H,28,31)(H,30,34)(H,32,33)/b16-10-. The highest BCUT2D eigenvalue weighted by atomic mass is 16.5. The van der Waals surface area contributed by atoms with Crippen LogP contribution >= 0.6 is 0 Å². The van der Waals surface area contributed by atoms with Crippen LogP contribution in [0.15, 0.2) is 72.7 Å². The zero-order valence-electron chi connectivity index (χ0n) is 19.2. The Hall–Kier alpha value is -4.40. The Bertz CT molecular complexity index is 1210. The van der Waals surface area contributed by atoms with E-state index in [1.54, 1.807) is 6.20 Å². The third kappa shape index (κ3) is 5.57. The number of alkyl carbamates (subject to hydrolysis) is 1. The summed E-state index contributed by atoms with van der Waals surface area (Å²) in [4.78, 5) is 43.3. The average molecular weight is 475 g/mol. The number of carboxylic acids is 1. The van der Waals surface area contributed by atoms with Crippen LogP contribution in [0.25, 0.3) is 11.1 Å². The first-order chi connectivity index (χ1) is 16.9. The van der Waals surface area contributed by atoms with Crippen molar-refractivity contribution < 1.29 is 24.2 Å². The smallest absolute Gasteiger partial charge is 0.407 e. The number of aliphatic carboxylic acids is 1. The molecule has 0 saturated heterocycles. The zero-order chi connectivity index (χ0) is 24.8. The largest absolute Gasteiger partial charge is 0.478 e. The van der Waals surface area contributed by atoms with Crippen molar-refractivity contribution in [3.63, 3.8) is 0 Å². The molecule has 0 spiro atoms. The maximum Gasteiger partial charge on any atom is 0.407 e. The summed E-state index contributed by atoms with van der Waals surface area (Å²) in [5, 5.41) is 14.2. The lowest BCUT2D eigenvalue weighted by Gasteiger charge is -2.19. The van der Waals surface area contributed by atoms with Crippen molar-refractivity contribution in [2.45, 2.75) is 25.3 Å². The average Bonchev–Trinajstić information content (AvgIpc) is 3.48. The van der Waals surface area contributed by atoms with Gasteiger partial charge >= 0.3 is 12.1 Å². The Labute approximate surface area is 202 Å². The number of carboxylic acid groups (broad SMARTS) is 1. The summed E-state index contributed by atoms with van der Waals surface area (Å²) >= 11 is 0. The van der Waals surface area contributed by atoms with Gasteiger partial charge in [-0.1, -0.05) is 54.6 Å². The third-order valence-electron chi connectivity index (χ3n) is 5.95. The number of fused-ring (bicyclic) bond motifs is 3. The van der Waals surface area contributed by atoms with Crippen LogP contribution in [0.3, 0.4) is 0 Å². The molecule has 9 heteroatoms. The quantitative estimate of drug-likeness (QED) is 0.352. The molecule has 2 amide bonds. The van der Waals surface area contributed by atoms with Crippen LogP contribution in [0.2, 0.25) is 0 Å². The van der Waals surface area contributed by atoms with E-state index in [0.717, 1.165) is 22.3 Å². The fourth-order valence-corrected chi connectivity index (χ4v) is 4.12. The third-order valence-corrected chi connectivity index (χ3v) is 5.95. The van der Waals surface area contributed by atoms with Crippen LogP contribution in [0.4, 0.5) is 4.79 Å². The van der Waals surface area contributed by atoms with Gasteiger partial charge < -0.3 is 25.5 Å². The van der Waals surface area contributed by atoms with E-state index in [2.05, 4.69) is 32.7 Å². The number of nitrogens with one attached hydrogen (secondary N) is 3. The maximum absolute atomic E-state index is 12.8. The highest BCUT2D eigenvalue weighted by Crippen LogP contribution is 2.44. The Morgan fingerprint density at radius 2 is 1.77 bits per heavy atom. The second-order valence-corrected chi connectivity index (χ2v) is 8.24. The van der Waals surface area contributed by atoms with Crippen molar-refractivity contribution >= 4 is 18.0 Å². The molecule has 0 fully saturated rings. The van der Waals surface area contributed by atoms with Gasteiger partial charge in [0.25, 0.3) is 0 Å². The molecule has 0 saturated carbocycles. The van der Waals surface area contributed by atoms with Gasteiger partial charge in [-0.25, -0.2) is 14.6 Å². The fourth-order valence-electron chi connectivity index (χ4n) is 4.12. The predicted octanol–water partition coefficient (Wildman–Crippen LogP) is 3.01. The Balaban J connectivity index is 1.41. The molecule has 2 aromatic carbocycles. The number of carbonyl (C=O) groups is 3. The maximum atomic E-state index is 12.8. The summed E-state index contributed by atoms with van der Waals surface area (Å²) in [6.07, 6.45) is 3.88. The normalized spacial score (nSPS) is 13.5. The lowest BCUT2D eigenvalue weighted by Crippen LogP contribution is -2.48. The first-order valence-electron chi connectivity index (χ1n) is 11.2. The molecule has 1 heterocycles. The van der Waals surface area contributed by atoms with Crippen molar-refractivity contribution in [3.8, 4) is 11.1 Å². The lowest BCUT2D eigenvalue weighted by molar-refractivity contribution is -0.132. The van der Waals surface area contributed by atoms with Gasteiger partial charge in [0.05, 0.1) is 6.33 Å². The van der Waals surface area contributed by atoms with E-state index in [4.69, 9.17) is 9.84 Å². The molecule has 4 rings (SSSR count). The molecule has 1 aliphatic carbocycles. The van der Waals surface area contributed by atoms with Crippen LogP contribution in [-0.2, 0) is 20.7 Å². The molecule has 1 unspecified atom stereocenters. The molecular formula is C26H26N4O5. The number of hydrogen-bond acceptors (Lipinski definition) is 5. The van der Waals surface area contributed by atoms with E-state index >= 15 is 0 Å². The molecule has 1 aromatic heterocycles. The zero-order valence-corrected chi connectivity index (χ0v) is 19.2. The second-order valence-electron chi connectivity index (χ2n) is 8.24. The van der Waals surface area contributed by atoms with Crippen LogP contribution in [-0.4, -0.2) is 52.2 Å². The van der Waals surface area contributed by atoms with Gasteiger partial charge in [-0.3, -0.25) is 4.79 Å². The first kappa shape index (κ1) is 23.7. The predicted molar refractivity (Wildman–Crippen MR) is 129 cm³/mol. The Morgan fingerprint density at radius 1 is 1.11 bits per heavy atom. The van der Waals surface area contributed by atoms with Crippen molar-refractivity contribution in [1.29, 1.82) is 0 Å². The molecule has 180 valence electrons. The summed E-state index contributed by atoms with van der Waals surface area (Å²) < 4.78 is 5.57. The number of ether oxygens (including phenoxy) is 1. The number of benzene rings is 2. The minimum absolute atomic E-state index is 0.0167. The van der Waals surface area contributed by atoms with E-state index in [0.29, 0.717) is 5.69 Å². The molecular weight excluding hydrogens is 448 g/mol. The van der Waals surface area contributed by atoms with Gasteiger partial charge in [0.2, 0.25) is 5.91 Å². The Kier molecular flexibility index (Phi) is 7.25. The van der Waals surface area contributed by atoms with Crippen molar-refractivity contribution in [2.24, 2.45) is 0 Å². The molecule has 1 aliphatic rings. The Morgan fingerprint density at radius 3 is 2.37 bits per heavy atom. The highest BCUT2D eigenvalue weighted by Gasteiger charge is 2.30. The minimum Gasteiger partial charge on any atom is -0.478 e. The lowest BCUT2D eigenvalue weighted by atomic mass is 9.98. The number of carbonyl (C=O) groups excluding carboxylic acids is 2. The molecule has 35 heavy (non-hydrogen) atoms. The van der Waals surface area contributed by atoms with Crippen molar-refractivity contribution in [2.75, 3.05) is 13.2 Å².